The van der Waals surface area contributed by atoms with E-state index in [4.69, 9.17) is 5.73 Å². The molecule has 0 rings (SSSR count). The van der Waals surface area contributed by atoms with Crippen molar-refractivity contribution in [3.8, 4) is 0 Å². The van der Waals surface area contributed by atoms with Crippen molar-refractivity contribution in [3.05, 3.63) is 34.9 Å². The molecular formula is C26H44N4O5S. The fraction of sp³-hybridized carbons (Fsp3) is 0.615. The summed E-state index contributed by atoms with van der Waals surface area (Å²) in [5, 5.41) is 16.8. The summed E-state index contributed by atoms with van der Waals surface area (Å²) in [6.45, 7) is 10.5. The van der Waals surface area contributed by atoms with Crippen molar-refractivity contribution in [1.29, 1.82) is 0 Å². The van der Waals surface area contributed by atoms with Crippen molar-refractivity contribution in [3.63, 3.8) is 0 Å². The van der Waals surface area contributed by atoms with E-state index in [2.05, 4.69) is 61.9 Å². The Morgan fingerprint density at radius 1 is 0.889 bits per heavy atom. The Morgan fingerprint density at radius 3 is 2.06 bits per heavy atom. The van der Waals surface area contributed by atoms with Gasteiger partial charge in [-0.05, 0) is 66.7 Å². The molecule has 0 saturated heterocycles. The summed E-state index contributed by atoms with van der Waals surface area (Å²) in [5.41, 5.74) is 9.24. The lowest BCUT2D eigenvalue weighted by molar-refractivity contribution is -0.141. The Labute approximate surface area is 219 Å². The molecule has 0 spiro atoms. The number of thioether (sulfide) groups is 1. The number of hydrogen-bond donors (Lipinski definition) is 5. The lowest BCUT2D eigenvalue weighted by Gasteiger charge is -2.17. The predicted molar refractivity (Wildman–Crippen MR) is 147 cm³/mol. The molecule has 0 aliphatic carbocycles. The third kappa shape index (κ3) is 17.7. The van der Waals surface area contributed by atoms with E-state index in [1.807, 2.05) is 0 Å². The second-order valence-corrected chi connectivity index (χ2v) is 10.0. The average Bonchev–Trinajstić information content (AvgIpc) is 2.78. The number of hydrogen-bond acceptors (Lipinski definition) is 5. The summed E-state index contributed by atoms with van der Waals surface area (Å²) in [7, 11) is 0. The van der Waals surface area contributed by atoms with Crippen LogP contribution in [-0.4, -0.2) is 59.1 Å². The maximum Gasteiger partial charge on any atom is 0.327 e. The van der Waals surface area contributed by atoms with Crippen LogP contribution < -0.4 is 21.7 Å². The molecule has 6 N–H and O–H groups in total. The molecule has 204 valence electrons. The number of rotatable bonds is 18. The molecule has 0 aliphatic rings. The number of urea groups is 1. The maximum absolute atomic E-state index is 12.2. The van der Waals surface area contributed by atoms with Gasteiger partial charge in [0.05, 0.1) is 0 Å². The van der Waals surface area contributed by atoms with Crippen LogP contribution in [0.3, 0.4) is 0 Å². The third-order valence-electron chi connectivity index (χ3n) is 5.24. The molecule has 0 heterocycles. The Morgan fingerprint density at radius 2 is 1.50 bits per heavy atom. The lowest BCUT2D eigenvalue weighted by Crippen LogP contribution is -2.49. The van der Waals surface area contributed by atoms with Crippen molar-refractivity contribution in [2.45, 2.75) is 85.2 Å². The molecule has 0 aromatic carbocycles. The molecule has 0 radical (unpaired) electrons. The van der Waals surface area contributed by atoms with Gasteiger partial charge in [-0.15, -0.1) is 0 Å². The van der Waals surface area contributed by atoms with E-state index in [-0.39, 0.29) is 18.6 Å². The fourth-order valence-electron chi connectivity index (χ4n) is 3.10. The van der Waals surface area contributed by atoms with Crippen LogP contribution in [0, 0.1) is 0 Å². The van der Waals surface area contributed by atoms with Crippen molar-refractivity contribution in [2.75, 3.05) is 18.1 Å². The van der Waals surface area contributed by atoms with E-state index in [9.17, 15) is 24.3 Å². The highest BCUT2D eigenvalue weighted by molar-refractivity contribution is 7.99. The Hall–Kier alpha value is -2.75. The molecule has 9 nitrogen and oxygen atoms in total. The van der Waals surface area contributed by atoms with Gasteiger partial charge < -0.3 is 26.8 Å². The van der Waals surface area contributed by atoms with Crippen LogP contribution in [0.1, 0.15) is 73.1 Å². The van der Waals surface area contributed by atoms with E-state index >= 15 is 0 Å². The van der Waals surface area contributed by atoms with Crippen molar-refractivity contribution >= 4 is 35.6 Å². The van der Waals surface area contributed by atoms with Gasteiger partial charge in [0.25, 0.3) is 0 Å². The molecule has 4 amide bonds. The minimum absolute atomic E-state index is 0.0252. The van der Waals surface area contributed by atoms with Crippen LogP contribution in [0.5, 0.6) is 0 Å². The maximum atomic E-state index is 12.2. The van der Waals surface area contributed by atoms with Gasteiger partial charge in [0.2, 0.25) is 11.8 Å². The minimum atomic E-state index is -1.13. The van der Waals surface area contributed by atoms with Crippen LogP contribution in [0.25, 0.3) is 0 Å². The number of amides is 4. The molecule has 0 aliphatic heterocycles. The SMILES string of the molecule is CCNC(=O)NC(CCC(=O)N[C@@H](CSC/C=C(\C)CC/C=C(\C)CCC=C(C)C)C(=O)O)C(N)=O. The van der Waals surface area contributed by atoms with Crippen molar-refractivity contribution < 1.29 is 24.3 Å². The number of nitrogens with one attached hydrogen (secondary N) is 3. The Bertz CT molecular complexity index is 819. The number of carbonyl (C=O) groups excluding carboxylic acids is 3. The minimum Gasteiger partial charge on any atom is -0.480 e. The van der Waals surface area contributed by atoms with Crippen LogP contribution in [0.4, 0.5) is 4.79 Å². The first-order valence-corrected chi connectivity index (χ1v) is 13.5. The zero-order valence-corrected chi connectivity index (χ0v) is 23.1. The molecule has 0 aromatic heterocycles. The van der Waals surface area contributed by atoms with Crippen LogP contribution in [-0.2, 0) is 14.4 Å². The number of carbonyl (C=O) groups is 4. The summed E-state index contributed by atoms with van der Waals surface area (Å²) >= 11 is 1.42. The average molecular weight is 525 g/mol. The molecule has 2 atom stereocenters. The zero-order chi connectivity index (χ0) is 27.5. The molecule has 0 fully saturated rings. The second kappa shape index (κ2) is 19.4. The highest BCUT2D eigenvalue weighted by atomic mass is 32.2. The fourth-order valence-corrected chi connectivity index (χ4v) is 4.10. The zero-order valence-electron chi connectivity index (χ0n) is 22.3. The number of primary amides is 1. The molecule has 0 bridgehead atoms. The van der Waals surface area contributed by atoms with Crippen LogP contribution >= 0.6 is 11.8 Å². The summed E-state index contributed by atoms with van der Waals surface area (Å²) in [6, 6.07) is -2.63. The van der Waals surface area contributed by atoms with Gasteiger partial charge in [-0.2, -0.15) is 11.8 Å². The molecule has 1 unspecified atom stereocenters. The predicted octanol–water partition coefficient (Wildman–Crippen LogP) is 3.66. The van der Waals surface area contributed by atoms with Crippen LogP contribution in [0.15, 0.2) is 34.9 Å². The Kier molecular flexibility index (Phi) is 18.0. The highest BCUT2D eigenvalue weighted by Crippen LogP contribution is 2.13. The van der Waals surface area contributed by atoms with Gasteiger partial charge in [0, 0.05) is 24.5 Å². The molecule has 36 heavy (non-hydrogen) atoms. The first kappa shape index (κ1) is 33.2. The summed E-state index contributed by atoms with van der Waals surface area (Å²) in [6.07, 6.45) is 10.5. The van der Waals surface area contributed by atoms with Gasteiger partial charge in [-0.25, -0.2) is 9.59 Å². The highest BCUT2D eigenvalue weighted by Gasteiger charge is 2.22. The van der Waals surface area contributed by atoms with Gasteiger partial charge in [0.1, 0.15) is 12.1 Å². The largest absolute Gasteiger partial charge is 0.480 e. The van der Waals surface area contributed by atoms with E-state index in [0.29, 0.717) is 12.3 Å². The summed E-state index contributed by atoms with van der Waals surface area (Å²) in [4.78, 5) is 46.9. The second-order valence-electron chi connectivity index (χ2n) is 8.95. The molecule has 0 saturated carbocycles. The van der Waals surface area contributed by atoms with E-state index in [1.54, 1.807) is 6.92 Å². The van der Waals surface area contributed by atoms with E-state index < -0.39 is 35.9 Å². The van der Waals surface area contributed by atoms with E-state index in [0.717, 1.165) is 25.7 Å². The van der Waals surface area contributed by atoms with Crippen molar-refractivity contribution in [2.24, 2.45) is 5.73 Å². The molecule has 10 heteroatoms. The Balaban J connectivity index is 4.46. The van der Waals surface area contributed by atoms with Gasteiger partial charge in [0.15, 0.2) is 0 Å². The first-order chi connectivity index (χ1) is 17.0. The number of carboxylic acid groups (broad SMARTS) is 1. The van der Waals surface area contributed by atoms with Gasteiger partial charge in [-0.3, -0.25) is 9.59 Å². The molecule has 0 aromatic rings. The smallest absolute Gasteiger partial charge is 0.327 e. The number of aliphatic carboxylic acids is 1. The van der Waals surface area contributed by atoms with Gasteiger partial charge >= 0.3 is 12.0 Å². The summed E-state index contributed by atoms with van der Waals surface area (Å²) < 4.78 is 0. The molecular weight excluding hydrogens is 480 g/mol. The summed E-state index contributed by atoms with van der Waals surface area (Å²) in [5.74, 6) is -1.56. The van der Waals surface area contributed by atoms with Crippen molar-refractivity contribution in [1.82, 2.24) is 16.0 Å². The third-order valence-corrected chi connectivity index (χ3v) is 6.21. The van der Waals surface area contributed by atoms with Gasteiger partial charge in [-0.1, -0.05) is 34.9 Å². The first-order valence-electron chi connectivity index (χ1n) is 12.3. The topological polar surface area (TPSA) is 151 Å². The standard InChI is InChI=1S/C26H44N4O5S/c1-6-28-26(35)30-21(24(27)32)13-14-23(31)29-22(25(33)34)17-36-16-15-20(5)12-8-11-19(4)10-7-9-18(2)3/h9,11,15,21-22H,6-8,10,12-14,16-17H2,1-5H3,(H2,27,32)(H,29,31)(H,33,34)(H2,28,30,35)/b19-11+,20-15+/t21?,22-/m0/s1. The number of allylic oxidation sites excluding steroid dienone is 5. The monoisotopic (exact) mass is 524 g/mol. The number of nitrogens with two attached hydrogens (primary N) is 1. The van der Waals surface area contributed by atoms with Crippen LogP contribution in [0.2, 0.25) is 0 Å². The van der Waals surface area contributed by atoms with E-state index in [1.165, 1.54) is 28.5 Å². The quantitative estimate of drug-likeness (QED) is 0.136. The lowest BCUT2D eigenvalue weighted by atomic mass is 10.1. The number of carboxylic acids is 1. The normalized spacial score (nSPS) is 13.4.